The van der Waals surface area contributed by atoms with Gasteiger partial charge in [0.15, 0.2) is 5.71 Å². The van der Waals surface area contributed by atoms with E-state index in [9.17, 15) is 0 Å². The first-order chi connectivity index (χ1) is 6.90. The number of pyridine rings is 1. The van der Waals surface area contributed by atoms with Crippen LogP contribution in [0, 0.1) is 11.3 Å². The van der Waals surface area contributed by atoms with E-state index in [2.05, 4.69) is 16.0 Å². The maximum absolute atomic E-state index is 8.88. The van der Waals surface area contributed by atoms with Crippen molar-refractivity contribution in [3.8, 4) is 6.07 Å². The fourth-order valence-corrected chi connectivity index (χ4v) is 1.75. The van der Waals surface area contributed by atoms with E-state index in [0.717, 1.165) is 22.0 Å². The molecule has 0 saturated carbocycles. The summed E-state index contributed by atoms with van der Waals surface area (Å²) >= 11 is 0. The average molecular weight is 179 g/mol. The van der Waals surface area contributed by atoms with E-state index < -0.39 is 0 Å². The summed E-state index contributed by atoms with van der Waals surface area (Å²) in [6.45, 7) is 0. The van der Waals surface area contributed by atoms with E-state index in [1.807, 2.05) is 18.2 Å². The average Bonchev–Trinajstić information content (AvgIpc) is 2.60. The Kier molecular flexibility index (Phi) is 1.23. The highest BCUT2D eigenvalue weighted by atomic mass is 14.8. The second-order valence-electron chi connectivity index (χ2n) is 3.13. The normalized spacial score (nSPS) is 12.6. The number of hydrogen-bond acceptors (Lipinski definition) is 3. The van der Waals surface area contributed by atoms with Gasteiger partial charge in [0.25, 0.3) is 0 Å². The molecule has 3 nitrogen and oxygen atoms in total. The molecule has 0 aliphatic carbocycles. The Morgan fingerprint density at radius 2 is 2.14 bits per heavy atom. The molecule has 0 fully saturated rings. The Morgan fingerprint density at radius 3 is 3.00 bits per heavy atom. The Bertz CT molecular complexity index is 600. The van der Waals surface area contributed by atoms with Gasteiger partial charge >= 0.3 is 0 Å². The van der Waals surface area contributed by atoms with E-state index >= 15 is 0 Å². The van der Waals surface area contributed by atoms with Crippen LogP contribution in [0.2, 0.25) is 0 Å². The zero-order valence-electron chi connectivity index (χ0n) is 7.23. The molecule has 64 valence electrons. The standard InChI is InChI=1S/C11H5N3/c12-4-10-8-6-13-5-7-2-1-3-9(14-10)11(7)8/h1-3,5-6H. The van der Waals surface area contributed by atoms with Crippen molar-refractivity contribution in [3.63, 3.8) is 0 Å². The molecule has 0 spiro atoms. The minimum absolute atomic E-state index is 0.462. The van der Waals surface area contributed by atoms with E-state index in [-0.39, 0.29) is 0 Å². The van der Waals surface area contributed by atoms with Crippen LogP contribution in [0.5, 0.6) is 0 Å². The summed E-state index contributed by atoms with van der Waals surface area (Å²) in [4.78, 5) is 8.31. The molecule has 1 aliphatic heterocycles. The summed E-state index contributed by atoms with van der Waals surface area (Å²) in [5.74, 6) is 0. The summed E-state index contributed by atoms with van der Waals surface area (Å²) in [6, 6.07) is 7.89. The summed E-state index contributed by atoms with van der Waals surface area (Å²) in [5, 5.41) is 11.0. The predicted octanol–water partition coefficient (Wildman–Crippen LogP) is 2.19. The van der Waals surface area contributed by atoms with Crippen molar-refractivity contribution in [1.82, 2.24) is 4.98 Å². The Hall–Kier alpha value is -2.21. The number of aromatic nitrogens is 1. The van der Waals surface area contributed by atoms with Gasteiger partial charge in [0.1, 0.15) is 6.07 Å². The SMILES string of the molecule is N#CC1=Nc2cccc3cncc1c23. The monoisotopic (exact) mass is 179 g/mol. The number of benzene rings is 1. The van der Waals surface area contributed by atoms with Crippen LogP contribution in [0.15, 0.2) is 35.6 Å². The van der Waals surface area contributed by atoms with Crippen LogP contribution in [0.3, 0.4) is 0 Å². The van der Waals surface area contributed by atoms with Crippen molar-refractivity contribution in [2.24, 2.45) is 4.99 Å². The smallest absolute Gasteiger partial charge is 0.150 e. The molecule has 3 rings (SSSR count). The molecule has 3 heteroatoms. The first-order valence-corrected chi connectivity index (χ1v) is 4.26. The van der Waals surface area contributed by atoms with Gasteiger partial charge in [-0.3, -0.25) is 4.98 Å². The van der Waals surface area contributed by atoms with Gasteiger partial charge in [-0.2, -0.15) is 5.26 Å². The largest absolute Gasteiger partial charge is 0.263 e. The predicted molar refractivity (Wildman–Crippen MR) is 53.6 cm³/mol. The molecular weight excluding hydrogens is 174 g/mol. The second-order valence-corrected chi connectivity index (χ2v) is 3.13. The van der Waals surface area contributed by atoms with Crippen molar-refractivity contribution in [1.29, 1.82) is 5.26 Å². The lowest BCUT2D eigenvalue weighted by Gasteiger charge is -1.97. The van der Waals surface area contributed by atoms with Gasteiger partial charge in [0, 0.05) is 28.7 Å². The highest BCUT2D eigenvalue weighted by Gasteiger charge is 2.17. The van der Waals surface area contributed by atoms with Crippen molar-refractivity contribution < 1.29 is 0 Å². The van der Waals surface area contributed by atoms with E-state index in [1.54, 1.807) is 12.4 Å². The molecule has 0 N–H and O–H groups in total. The van der Waals surface area contributed by atoms with E-state index in [0.29, 0.717) is 5.71 Å². The highest BCUT2D eigenvalue weighted by molar-refractivity contribution is 6.25. The van der Waals surface area contributed by atoms with Crippen LogP contribution in [-0.4, -0.2) is 10.7 Å². The molecule has 14 heavy (non-hydrogen) atoms. The van der Waals surface area contributed by atoms with Gasteiger partial charge in [-0.25, -0.2) is 4.99 Å². The molecule has 2 aromatic rings. The number of hydrogen-bond donors (Lipinski definition) is 0. The fourth-order valence-electron chi connectivity index (χ4n) is 1.75. The second kappa shape index (κ2) is 2.39. The lowest BCUT2D eigenvalue weighted by molar-refractivity contribution is 1.36. The lowest BCUT2D eigenvalue weighted by atomic mass is 10.1. The quantitative estimate of drug-likeness (QED) is 0.622. The van der Waals surface area contributed by atoms with Crippen molar-refractivity contribution in [2.75, 3.05) is 0 Å². The molecule has 0 atom stereocenters. The maximum atomic E-state index is 8.88. The minimum Gasteiger partial charge on any atom is -0.263 e. The van der Waals surface area contributed by atoms with Gasteiger partial charge in [-0.1, -0.05) is 12.1 Å². The van der Waals surface area contributed by atoms with Crippen LogP contribution in [0.25, 0.3) is 10.8 Å². The van der Waals surface area contributed by atoms with E-state index in [1.165, 1.54) is 0 Å². The third kappa shape index (κ3) is 0.748. The van der Waals surface area contributed by atoms with Crippen molar-refractivity contribution in [3.05, 3.63) is 36.2 Å². The molecule has 1 aromatic heterocycles. The molecule has 0 bridgehead atoms. The molecule has 1 aromatic carbocycles. The number of nitriles is 1. The fraction of sp³-hybridized carbons (Fsp3) is 0. The Morgan fingerprint density at radius 1 is 1.21 bits per heavy atom. The molecule has 0 unspecified atom stereocenters. The maximum Gasteiger partial charge on any atom is 0.150 e. The van der Waals surface area contributed by atoms with E-state index in [4.69, 9.17) is 5.26 Å². The van der Waals surface area contributed by atoms with Gasteiger partial charge in [-0.15, -0.1) is 0 Å². The highest BCUT2D eigenvalue weighted by Crippen LogP contribution is 2.34. The molecule has 0 saturated heterocycles. The lowest BCUT2D eigenvalue weighted by Crippen LogP contribution is -1.93. The van der Waals surface area contributed by atoms with Gasteiger partial charge in [0.05, 0.1) is 5.69 Å². The number of aliphatic imine (C=N–C) groups is 1. The summed E-state index contributed by atoms with van der Waals surface area (Å²) in [7, 11) is 0. The first-order valence-electron chi connectivity index (χ1n) is 4.26. The Balaban J connectivity index is 2.54. The summed E-state index contributed by atoms with van der Waals surface area (Å²) < 4.78 is 0. The zero-order chi connectivity index (χ0) is 9.54. The molecule has 0 radical (unpaired) electrons. The molecule has 2 heterocycles. The van der Waals surface area contributed by atoms with Gasteiger partial charge in [-0.05, 0) is 6.07 Å². The van der Waals surface area contributed by atoms with Gasteiger partial charge in [0.2, 0.25) is 0 Å². The number of nitrogens with zero attached hydrogens (tertiary/aromatic N) is 3. The van der Waals surface area contributed by atoms with Gasteiger partial charge < -0.3 is 0 Å². The number of rotatable bonds is 0. The topological polar surface area (TPSA) is 49.0 Å². The van der Waals surface area contributed by atoms with Crippen LogP contribution < -0.4 is 0 Å². The zero-order valence-corrected chi connectivity index (χ0v) is 7.23. The third-order valence-electron chi connectivity index (χ3n) is 2.35. The molecule has 1 aliphatic rings. The molecular formula is C11H5N3. The van der Waals surface area contributed by atoms with Crippen molar-refractivity contribution in [2.45, 2.75) is 0 Å². The Labute approximate surface area is 80.3 Å². The van der Waals surface area contributed by atoms with Crippen LogP contribution in [0.1, 0.15) is 5.56 Å². The summed E-state index contributed by atoms with van der Waals surface area (Å²) in [6.07, 6.45) is 3.49. The van der Waals surface area contributed by atoms with Crippen molar-refractivity contribution >= 4 is 22.2 Å². The third-order valence-corrected chi connectivity index (χ3v) is 2.35. The first kappa shape index (κ1) is 7.22. The van der Waals surface area contributed by atoms with Crippen LogP contribution in [0.4, 0.5) is 5.69 Å². The van der Waals surface area contributed by atoms with Crippen LogP contribution >= 0.6 is 0 Å². The molecule has 0 amide bonds. The minimum atomic E-state index is 0.462. The summed E-state index contributed by atoms with van der Waals surface area (Å²) in [5.41, 5.74) is 2.18. The van der Waals surface area contributed by atoms with Crippen LogP contribution in [-0.2, 0) is 0 Å².